The van der Waals surface area contributed by atoms with Gasteiger partial charge in [-0.1, -0.05) is 38.1 Å². The molecule has 0 radical (unpaired) electrons. The average Bonchev–Trinajstić information content (AvgIpc) is 3.94. The van der Waals surface area contributed by atoms with Crippen LogP contribution in [-0.2, 0) is 43.2 Å². The molecule has 5 heterocycles. The number of piperazine rings is 1. The van der Waals surface area contributed by atoms with Crippen molar-refractivity contribution in [2.45, 2.75) is 115 Å². The minimum Gasteiger partial charge on any atom is -0.453 e. The number of hydrogen-bond acceptors (Lipinski definition) is 14. The number of alkyl halides is 5. The third-order valence-corrected chi connectivity index (χ3v) is 14.5. The van der Waals surface area contributed by atoms with Crippen LogP contribution in [0.15, 0.2) is 54.9 Å². The molecule has 2 bridgehead atoms. The van der Waals surface area contributed by atoms with E-state index in [1.807, 2.05) is 5.32 Å². The summed E-state index contributed by atoms with van der Waals surface area (Å²) in [5, 5.41) is 25.0. The molecule has 4 amide bonds. The highest BCUT2D eigenvalue weighted by molar-refractivity contribution is 5.87. The second-order valence-corrected chi connectivity index (χ2v) is 20.5. The lowest BCUT2D eigenvalue weighted by molar-refractivity contribution is -0.311. The third-order valence-electron chi connectivity index (χ3n) is 14.5. The topological polar surface area (TPSA) is 242 Å². The van der Waals surface area contributed by atoms with Gasteiger partial charge in [-0.2, -0.15) is 27.1 Å². The average molecular weight is 1080 g/mol. The first-order chi connectivity index (χ1) is 35.8. The highest BCUT2D eigenvalue weighted by Gasteiger charge is 2.56. The molecule has 3 aliphatic rings. The van der Waals surface area contributed by atoms with E-state index < -0.39 is 102 Å². The number of anilines is 1. The lowest BCUT2D eigenvalue weighted by Gasteiger charge is -2.47. The van der Waals surface area contributed by atoms with Gasteiger partial charge in [-0.05, 0) is 68.9 Å². The molecule has 2 unspecified atom stereocenters. The Morgan fingerprint density at radius 3 is 2.00 bits per heavy atom. The van der Waals surface area contributed by atoms with Gasteiger partial charge < -0.3 is 45.5 Å². The van der Waals surface area contributed by atoms with Gasteiger partial charge in [0, 0.05) is 72.8 Å². The molecule has 76 heavy (non-hydrogen) atoms. The molecular weight excluding hydrogens is 1020 g/mol. The van der Waals surface area contributed by atoms with Gasteiger partial charge in [0.1, 0.15) is 17.7 Å². The maximum atomic E-state index is 15.3. The summed E-state index contributed by atoms with van der Waals surface area (Å²) in [6.07, 6.45) is -4.32. The summed E-state index contributed by atoms with van der Waals surface area (Å²) in [5.41, 5.74) is 1.08. The Hall–Kier alpha value is -6.48. The standard InChI is InChI=1S/C50H62F7N11O8/c1-48(2,40(42(58)70)63-46(72)74-5)18-38-32(20-60-45(62-38)66-22-29-11-12-30(23-66)68(29)31-24-76-25-31)27-9-7-26(8-10-27)15-37(61-43(71)41(64-47(73)75-6)49(3,4)50(55,56)57)39(69)21-59-19-33-34(51)16-28(17-35(33)52)36-13-14-67(65-36)44(53)54/h7-10,13-14,16-17,20,29-31,37,39-41,44,59,69H,11-12,15,18-19,21-25H2,1-6H3,(H2,58,70)(H,61,71)(H,63,72)(H,64,73)/p+1/t29?,30?,37-,39-,40+,41+/m0/s1. The number of ether oxygens (including phenoxy) is 3. The number of carbonyl (C=O) groups excluding carboxylic acids is 4. The summed E-state index contributed by atoms with van der Waals surface area (Å²) in [5.74, 6) is -3.59. The quantitative estimate of drug-likeness (QED) is 0.0639. The number of carbonyl (C=O) groups is 4. The summed E-state index contributed by atoms with van der Waals surface area (Å²) in [6.45, 7) is 3.69. The Balaban J connectivity index is 1.16. The number of methoxy groups -OCH3 is 2. The molecule has 414 valence electrons. The van der Waals surface area contributed by atoms with E-state index >= 15 is 8.78 Å². The Bertz CT molecular complexity index is 2690. The fourth-order valence-corrected chi connectivity index (χ4v) is 9.99. The molecule has 8 N–H and O–H groups in total. The number of aromatic nitrogens is 4. The van der Waals surface area contributed by atoms with E-state index in [1.165, 1.54) is 7.11 Å². The first-order valence-electron chi connectivity index (χ1n) is 24.5. The van der Waals surface area contributed by atoms with Crippen molar-refractivity contribution in [1.82, 2.24) is 45.9 Å². The SMILES string of the molecule is COC(=O)N[C@H](C([NH3+])=O)C(C)(C)Cc1nc(N2CC3CCC(C2)N3C2COC2)ncc1-c1ccc(C[C@H](NC(=O)[C@@H](NC(=O)OC)C(C)(C)C(F)(F)F)[C@@H](O)CNCc2c(F)cc(-c3ccn(C(F)F)n3)cc2F)cc1. The van der Waals surface area contributed by atoms with Crippen molar-refractivity contribution in [3.8, 4) is 22.4 Å². The number of rotatable bonds is 21. The zero-order valence-electron chi connectivity index (χ0n) is 42.7. The summed E-state index contributed by atoms with van der Waals surface area (Å²) in [4.78, 5) is 66.2. The van der Waals surface area contributed by atoms with Gasteiger partial charge in [-0.25, -0.2) is 37.8 Å². The van der Waals surface area contributed by atoms with E-state index in [-0.39, 0.29) is 36.2 Å². The number of fused-ring (bicyclic) bond motifs is 2. The monoisotopic (exact) mass is 1080 g/mol. The van der Waals surface area contributed by atoms with E-state index in [1.54, 1.807) is 44.3 Å². The maximum absolute atomic E-state index is 15.3. The summed E-state index contributed by atoms with van der Waals surface area (Å²) in [6, 6.07) is 5.76. The van der Waals surface area contributed by atoms with Crippen LogP contribution in [0.1, 0.15) is 63.9 Å². The molecular formula is C50H63F7N11O8+. The van der Waals surface area contributed by atoms with Crippen LogP contribution in [-0.4, -0.2) is 149 Å². The van der Waals surface area contributed by atoms with Crippen LogP contribution in [0.2, 0.25) is 0 Å². The highest BCUT2D eigenvalue weighted by atomic mass is 19.4. The van der Waals surface area contributed by atoms with E-state index in [4.69, 9.17) is 19.4 Å². The lowest BCUT2D eigenvalue weighted by atomic mass is 9.78. The summed E-state index contributed by atoms with van der Waals surface area (Å²) >= 11 is 0. The predicted molar refractivity (Wildman–Crippen MR) is 259 cm³/mol. The number of alkyl carbamates (subject to hydrolysis) is 2. The van der Waals surface area contributed by atoms with Gasteiger partial charge in [-0.3, -0.25) is 15.4 Å². The van der Waals surface area contributed by atoms with E-state index in [2.05, 4.69) is 41.3 Å². The molecule has 0 saturated carbocycles. The van der Waals surface area contributed by atoms with Crippen LogP contribution in [0, 0.1) is 22.5 Å². The normalized spacial score (nSPS) is 18.9. The molecule has 4 aromatic rings. The Kier molecular flexibility index (Phi) is 17.6. The zero-order chi connectivity index (χ0) is 55.4. The van der Waals surface area contributed by atoms with Crippen LogP contribution in [0.25, 0.3) is 22.4 Å². The Morgan fingerprint density at radius 1 is 0.868 bits per heavy atom. The Morgan fingerprint density at radius 2 is 1.47 bits per heavy atom. The number of aliphatic hydroxyl groups excluding tert-OH is 1. The van der Waals surface area contributed by atoms with Crippen LogP contribution in [0.5, 0.6) is 0 Å². The van der Waals surface area contributed by atoms with Crippen molar-refractivity contribution in [3.05, 3.63) is 83.3 Å². The molecule has 2 aromatic heterocycles. The smallest absolute Gasteiger partial charge is 0.407 e. The van der Waals surface area contributed by atoms with Gasteiger partial charge in [0.15, 0.2) is 6.04 Å². The lowest BCUT2D eigenvalue weighted by Crippen LogP contribution is -2.69. The third kappa shape index (κ3) is 12.8. The van der Waals surface area contributed by atoms with Crippen molar-refractivity contribution in [2.24, 2.45) is 10.8 Å². The highest BCUT2D eigenvalue weighted by Crippen LogP contribution is 2.41. The van der Waals surface area contributed by atoms with Crippen LogP contribution >= 0.6 is 0 Å². The van der Waals surface area contributed by atoms with Gasteiger partial charge in [0.2, 0.25) is 11.9 Å². The van der Waals surface area contributed by atoms with Gasteiger partial charge in [0.05, 0.1) is 62.4 Å². The molecule has 0 aliphatic carbocycles. The minimum absolute atomic E-state index is 0.124. The fraction of sp³-hybridized carbons (Fsp3) is 0.540. The van der Waals surface area contributed by atoms with Crippen molar-refractivity contribution < 1.29 is 75.0 Å². The maximum Gasteiger partial charge on any atom is 0.407 e. The number of quaternary nitrogens is 1. The van der Waals surface area contributed by atoms with Crippen LogP contribution in [0.3, 0.4) is 0 Å². The van der Waals surface area contributed by atoms with Gasteiger partial charge in [0.25, 0.3) is 0 Å². The van der Waals surface area contributed by atoms with Crippen molar-refractivity contribution >= 4 is 29.9 Å². The number of nitrogens with one attached hydrogen (secondary N) is 4. The number of nitrogens with zero attached hydrogens (tertiary/aromatic N) is 6. The molecule has 3 fully saturated rings. The predicted octanol–water partition coefficient (Wildman–Crippen LogP) is 4.29. The Labute approximate surface area is 433 Å². The van der Waals surface area contributed by atoms with Gasteiger partial charge >= 0.3 is 30.8 Å². The second kappa shape index (κ2) is 23.4. The summed E-state index contributed by atoms with van der Waals surface area (Å²) in [7, 11) is 2.07. The molecule has 7 rings (SSSR count). The molecule has 0 spiro atoms. The number of hydrogen-bond donors (Lipinski definition) is 6. The molecule has 6 atom stereocenters. The number of amides is 4. The van der Waals surface area contributed by atoms with E-state index in [9.17, 15) is 46.2 Å². The number of aliphatic hydroxyl groups is 1. The van der Waals surface area contributed by atoms with Crippen molar-refractivity contribution in [3.63, 3.8) is 0 Å². The van der Waals surface area contributed by atoms with Crippen molar-refractivity contribution in [1.29, 1.82) is 0 Å². The second-order valence-electron chi connectivity index (χ2n) is 20.5. The first kappa shape index (κ1) is 57.2. The van der Waals surface area contributed by atoms with Gasteiger partial charge in [-0.15, -0.1) is 0 Å². The van der Waals surface area contributed by atoms with Crippen LogP contribution < -0.4 is 31.9 Å². The fourth-order valence-electron chi connectivity index (χ4n) is 9.99. The first-order valence-corrected chi connectivity index (χ1v) is 24.5. The largest absolute Gasteiger partial charge is 0.453 e. The van der Waals surface area contributed by atoms with Crippen molar-refractivity contribution in [2.75, 3.05) is 52.0 Å². The molecule has 2 aromatic carbocycles. The van der Waals surface area contributed by atoms with Crippen LogP contribution in [0.4, 0.5) is 46.3 Å². The zero-order valence-corrected chi connectivity index (χ0v) is 42.7. The van der Waals surface area contributed by atoms with E-state index in [0.29, 0.717) is 79.2 Å². The van der Waals surface area contributed by atoms with E-state index in [0.717, 1.165) is 44.3 Å². The molecule has 26 heteroatoms. The molecule has 19 nitrogen and oxygen atoms in total. The number of halogens is 7. The molecule has 3 aliphatic heterocycles. The molecule has 3 saturated heterocycles. The summed E-state index contributed by atoms with van der Waals surface area (Å²) < 4.78 is 115. The number of benzene rings is 2. The minimum atomic E-state index is -5.04.